The number of unbranched alkanes of at least 4 members (excludes halogenated alkanes) is 3. The highest BCUT2D eigenvalue weighted by atomic mass is 14.3. The summed E-state index contributed by atoms with van der Waals surface area (Å²) >= 11 is 0. The van der Waals surface area contributed by atoms with Crippen LogP contribution in [0.1, 0.15) is 135 Å². The van der Waals surface area contributed by atoms with Gasteiger partial charge in [0.05, 0.1) is 0 Å². The zero-order valence-corrected chi connectivity index (χ0v) is 19.3. The molecule has 2 rings (SSSR count). The van der Waals surface area contributed by atoms with Crippen molar-refractivity contribution in [3.8, 4) is 0 Å². The summed E-state index contributed by atoms with van der Waals surface area (Å²) in [6, 6.07) is 0. The van der Waals surface area contributed by atoms with Crippen molar-refractivity contribution >= 4 is 0 Å². The second-order valence-corrected chi connectivity index (χ2v) is 10.3. The molecule has 2 saturated carbocycles. The van der Waals surface area contributed by atoms with Crippen LogP contribution in [0.2, 0.25) is 0 Å². The summed E-state index contributed by atoms with van der Waals surface area (Å²) in [5, 5.41) is 0. The highest BCUT2D eigenvalue weighted by Crippen LogP contribution is 2.37. The largest absolute Gasteiger partial charge is 0.0999 e. The van der Waals surface area contributed by atoms with Crippen molar-refractivity contribution in [2.45, 2.75) is 135 Å². The van der Waals surface area contributed by atoms with Gasteiger partial charge in [0.1, 0.15) is 0 Å². The third-order valence-electron chi connectivity index (χ3n) is 7.66. The van der Waals surface area contributed by atoms with E-state index in [1.807, 2.05) is 0 Å². The van der Waals surface area contributed by atoms with Crippen LogP contribution in [0.25, 0.3) is 0 Å². The number of allylic oxidation sites excluding steroid dienone is 2. The van der Waals surface area contributed by atoms with E-state index in [2.05, 4.69) is 20.1 Å². The Morgan fingerprint density at radius 1 is 0.643 bits per heavy atom. The molecule has 0 aliphatic heterocycles. The van der Waals surface area contributed by atoms with E-state index in [1.165, 1.54) is 134 Å². The van der Waals surface area contributed by atoms with E-state index in [9.17, 15) is 0 Å². The molecule has 2 aliphatic rings. The molecule has 2 fully saturated rings. The fourth-order valence-corrected chi connectivity index (χ4v) is 5.88. The van der Waals surface area contributed by atoms with E-state index in [0.29, 0.717) is 0 Å². The van der Waals surface area contributed by atoms with Crippen LogP contribution in [-0.4, -0.2) is 0 Å². The molecule has 0 aromatic rings. The van der Waals surface area contributed by atoms with E-state index in [0.717, 1.165) is 17.8 Å². The Labute approximate surface area is 177 Å². The SMILES string of the molecule is C=C(CCCCCC(=C)CC1CCCCC1CCCC)CC1CCCCCC1. The molecule has 0 nitrogen and oxygen atoms in total. The molecule has 0 spiro atoms. The van der Waals surface area contributed by atoms with Gasteiger partial charge in [-0.25, -0.2) is 0 Å². The summed E-state index contributed by atoms with van der Waals surface area (Å²) < 4.78 is 0. The molecule has 0 aromatic heterocycles. The molecule has 0 heterocycles. The van der Waals surface area contributed by atoms with Crippen molar-refractivity contribution in [2.75, 3.05) is 0 Å². The monoisotopic (exact) mass is 386 g/mol. The van der Waals surface area contributed by atoms with E-state index < -0.39 is 0 Å². The maximum absolute atomic E-state index is 4.46. The van der Waals surface area contributed by atoms with Crippen molar-refractivity contribution in [3.05, 3.63) is 24.3 Å². The maximum atomic E-state index is 4.46. The molecule has 0 amide bonds. The van der Waals surface area contributed by atoms with Crippen LogP contribution < -0.4 is 0 Å². The molecule has 2 atom stereocenters. The molecule has 0 saturated heterocycles. The highest BCUT2D eigenvalue weighted by Gasteiger charge is 2.24. The Morgan fingerprint density at radius 2 is 1.21 bits per heavy atom. The first-order valence-corrected chi connectivity index (χ1v) is 13.0. The minimum absolute atomic E-state index is 0.950. The summed E-state index contributed by atoms with van der Waals surface area (Å²) in [6.45, 7) is 11.2. The Kier molecular flexibility index (Phi) is 12.3. The molecule has 0 radical (unpaired) electrons. The zero-order chi connectivity index (χ0) is 20.0. The van der Waals surface area contributed by atoms with Gasteiger partial charge in [0.15, 0.2) is 0 Å². The van der Waals surface area contributed by atoms with Crippen molar-refractivity contribution in [2.24, 2.45) is 17.8 Å². The number of hydrogen-bond acceptors (Lipinski definition) is 0. The summed E-state index contributed by atoms with van der Waals surface area (Å²) in [5.74, 6) is 2.90. The maximum Gasteiger partial charge on any atom is -0.0292 e. The fourth-order valence-electron chi connectivity index (χ4n) is 5.88. The molecular formula is C28H50. The molecule has 0 bridgehead atoms. The van der Waals surface area contributed by atoms with Gasteiger partial charge in [-0.1, -0.05) is 115 Å². The number of rotatable bonds is 13. The van der Waals surface area contributed by atoms with Gasteiger partial charge in [-0.2, -0.15) is 0 Å². The number of hydrogen-bond donors (Lipinski definition) is 0. The summed E-state index contributed by atoms with van der Waals surface area (Å²) in [6.07, 6.45) is 28.1. The van der Waals surface area contributed by atoms with Gasteiger partial charge < -0.3 is 0 Å². The van der Waals surface area contributed by atoms with Gasteiger partial charge in [0.2, 0.25) is 0 Å². The fraction of sp³-hybridized carbons (Fsp3) is 0.857. The average Bonchev–Trinajstić information content (AvgIpc) is 2.95. The van der Waals surface area contributed by atoms with Gasteiger partial charge in [-0.3, -0.25) is 0 Å². The van der Waals surface area contributed by atoms with Crippen LogP contribution >= 0.6 is 0 Å². The van der Waals surface area contributed by atoms with Crippen molar-refractivity contribution in [1.82, 2.24) is 0 Å². The predicted molar refractivity (Wildman–Crippen MR) is 127 cm³/mol. The summed E-state index contributed by atoms with van der Waals surface area (Å²) in [4.78, 5) is 0. The molecule has 162 valence electrons. The lowest BCUT2D eigenvalue weighted by Crippen LogP contribution is -2.20. The molecule has 2 aliphatic carbocycles. The zero-order valence-electron chi connectivity index (χ0n) is 19.3. The van der Waals surface area contributed by atoms with Crippen molar-refractivity contribution in [3.63, 3.8) is 0 Å². The quantitative estimate of drug-likeness (QED) is 0.168. The molecule has 2 unspecified atom stereocenters. The topological polar surface area (TPSA) is 0 Å². The van der Waals surface area contributed by atoms with Gasteiger partial charge in [-0.15, -0.1) is 0 Å². The van der Waals surface area contributed by atoms with E-state index in [4.69, 9.17) is 0 Å². The van der Waals surface area contributed by atoms with Crippen LogP contribution in [0.3, 0.4) is 0 Å². The van der Waals surface area contributed by atoms with Gasteiger partial charge >= 0.3 is 0 Å². The molecular weight excluding hydrogens is 336 g/mol. The Morgan fingerprint density at radius 3 is 1.86 bits per heavy atom. The first-order chi connectivity index (χ1) is 13.7. The first kappa shape index (κ1) is 23.8. The van der Waals surface area contributed by atoms with Gasteiger partial charge in [-0.05, 0) is 62.7 Å². The minimum Gasteiger partial charge on any atom is -0.0999 e. The lowest BCUT2D eigenvalue weighted by atomic mass is 9.74. The second-order valence-electron chi connectivity index (χ2n) is 10.3. The molecule has 0 N–H and O–H groups in total. The predicted octanol–water partition coefficient (Wildman–Crippen LogP) is 9.80. The second kappa shape index (κ2) is 14.5. The molecule has 28 heavy (non-hydrogen) atoms. The third kappa shape index (κ3) is 9.80. The van der Waals surface area contributed by atoms with Crippen LogP contribution in [0.4, 0.5) is 0 Å². The summed E-state index contributed by atoms with van der Waals surface area (Å²) in [5.41, 5.74) is 3.08. The van der Waals surface area contributed by atoms with Gasteiger partial charge in [0, 0.05) is 0 Å². The third-order valence-corrected chi connectivity index (χ3v) is 7.66. The van der Waals surface area contributed by atoms with Crippen molar-refractivity contribution in [1.29, 1.82) is 0 Å². The van der Waals surface area contributed by atoms with E-state index in [-0.39, 0.29) is 0 Å². The van der Waals surface area contributed by atoms with Crippen molar-refractivity contribution < 1.29 is 0 Å². The molecule has 0 aromatic carbocycles. The highest BCUT2D eigenvalue weighted by molar-refractivity contribution is 4.98. The Balaban J connectivity index is 1.53. The average molecular weight is 387 g/mol. The lowest BCUT2D eigenvalue weighted by molar-refractivity contribution is 0.217. The minimum atomic E-state index is 0.950. The normalized spacial score (nSPS) is 24.0. The van der Waals surface area contributed by atoms with E-state index in [1.54, 1.807) is 5.57 Å². The van der Waals surface area contributed by atoms with Crippen LogP contribution in [0.15, 0.2) is 24.3 Å². The Hall–Kier alpha value is -0.520. The Bertz CT molecular complexity index is 423. The van der Waals surface area contributed by atoms with Crippen LogP contribution in [0, 0.1) is 17.8 Å². The molecule has 0 heteroatoms. The summed E-state index contributed by atoms with van der Waals surface area (Å²) in [7, 11) is 0. The first-order valence-electron chi connectivity index (χ1n) is 13.0. The van der Waals surface area contributed by atoms with Gasteiger partial charge in [0.25, 0.3) is 0 Å². The van der Waals surface area contributed by atoms with Crippen LogP contribution in [-0.2, 0) is 0 Å². The van der Waals surface area contributed by atoms with E-state index >= 15 is 0 Å². The standard InChI is InChI=1S/C28H50/c1-4-5-19-27-20-13-14-21-28(27)23-25(3)16-10-8-9-15-24(2)22-26-17-11-6-7-12-18-26/h26-28H,2-23H2,1H3. The smallest absolute Gasteiger partial charge is 0.0292 e. The lowest BCUT2D eigenvalue weighted by Gasteiger charge is -2.32. The van der Waals surface area contributed by atoms with Crippen LogP contribution in [0.5, 0.6) is 0 Å².